The van der Waals surface area contributed by atoms with Crippen molar-refractivity contribution in [3.63, 3.8) is 0 Å². The number of benzene rings is 2. The first kappa shape index (κ1) is 26.2. The summed E-state index contributed by atoms with van der Waals surface area (Å²) in [6.07, 6.45) is 4.98. The van der Waals surface area contributed by atoms with Crippen molar-refractivity contribution in [2.45, 2.75) is 25.4 Å². The van der Waals surface area contributed by atoms with Crippen LogP contribution in [0.25, 0.3) is 5.65 Å². The van der Waals surface area contributed by atoms with Gasteiger partial charge in [-0.2, -0.15) is 0 Å². The van der Waals surface area contributed by atoms with Gasteiger partial charge in [-0.1, -0.05) is 36.4 Å². The highest BCUT2D eigenvalue weighted by atomic mass is 16.7. The number of fused-ring (bicyclic) bond motifs is 2. The molecule has 40 heavy (non-hydrogen) atoms. The molecule has 0 saturated carbocycles. The molecular weight excluding hydrogens is 508 g/mol. The predicted molar refractivity (Wildman–Crippen MR) is 150 cm³/mol. The number of hydrogen-bond donors (Lipinski definition) is 1. The van der Waals surface area contributed by atoms with Gasteiger partial charge in [0.2, 0.25) is 12.7 Å². The number of rotatable bonds is 11. The van der Waals surface area contributed by atoms with E-state index >= 15 is 0 Å². The summed E-state index contributed by atoms with van der Waals surface area (Å²) in [7, 11) is 0. The van der Waals surface area contributed by atoms with Crippen LogP contribution in [-0.4, -0.2) is 66.4 Å². The average Bonchev–Trinajstić information content (AvgIpc) is 3.65. The van der Waals surface area contributed by atoms with Gasteiger partial charge in [-0.15, -0.1) is 0 Å². The number of hydrogen-bond acceptors (Lipinski definition) is 7. The summed E-state index contributed by atoms with van der Waals surface area (Å²) in [5.41, 5.74) is 3.66. The zero-order valence-corrected chi connectivity index (χ0v) is 22.5. The van der Waals surface area contributed by atoms with E-state index in [2.05, 4.69) is 10.2 Å². The fourth-order valence-corrected chi connectivity index (χ4v) is 5.25. The highest BCUT2D eigenvalue weighted by Crippen LogP contribution is 2.38. The van der Waals surface area contributed by atoms with E-state index in [-0.39, 0.29) is 25.0 Å². The molecule has 1 amide bonds. The number of morpholine rings is 1. The van der Waals surface area contributed by atoms with Crippen LogP contribution >= 0.6 is 0 Å². The van der Waals surface area contributed by atoms with Crippen molar-refractivity contribution in [3.05, 3.63) is 89.9 Å². The lowest BCUT2D eigenvalue weighted by Crippen LogP contribution is -2.38. The number of pyridine rings is 1. The Hall–Kier alpha value is -4.08. The summed E-state index contributed by atoms with van der Waals surface area (Å²) in [6.45, 7) is 5.69. The van der Waals surface area contributed by atoms with Gasteiger partial charge >= 0.3 is 0 Å². The topological polar surface area (TPSA) is 86.6 Å². The van der Waals surface area contributed by atoms with Crippen molar-refractivity contribution >= 4 is 11.6 Å². The Balaban J connectivity index is 1.20. The number of ether oxygens (including phenoxy) is 4. The van der Waals surface area contributed by atoms with E-state index in [9.17, 15) is 4.79 Å². The molecule has 9 nitrogen and oxygen atoms in total. The molecule has 208 valence electrons. The van der Waals surface area contributed by atoms with Crippen LogP contribution in [0.15, 0.2) is 73.1 Å². The van der Waals surface area contributed by atoms with Crippen molar-refractivity contribution in [1.82, 2.24) is 19.6 Å². The number of carbonyl (C=O) groups is 1. The molecule has 2 aliphatic rings. The normalized spacial score (nSPS) is 15.7. The standard InChI is InChI=1S/C31H34N4O5/c36-30(32-11-5-12-34-14-16-37-17-15-34)19-25(24-9-10-27-29(18-24)40-22-39-27)26-20-33-31-28(8-4-13-35(26)31)38-21-23-6-2-1-3-7-23/h1-4,6-10,13,18,20,25H,5,11-12,14-17,19,21-22H2,(H,32,36). The van der Waals surface area contributed by atoms with E-state index in [0.717, 1.165) is 56.1 Å². The summed E-state index contributed by atoms with van der Waals surface area (Å²) in [6, 6.07) is 19.8. The van der Waals surface area contributed by atoms with E-state index in [1.54, 1.807) is 0 Å². The van der Waals surface area contributed by atoms with Crippen LogP contribution in [0, 0.1) is 0 Å². The zero-order chi connectivity index (χ0) is 27.1. The monoisotopic (exact) mass is 542 g/mol. The lowest BCUT2D eigenvalue weighted by atomic mass is 9.92. The predicted octanol–water partition coefficient (Wildman–Crippen LogP) is 4.00. The molecule has 0 spiro atoms. The largest absolute Gasteiger partial charge is 0.485 e. The maximum Gasteiger partial charge on any atom is 0.231 e. The van der Waals surface area contributed by atoms with Gasteiger partial charge in [-0.25, -0.2) is 4.98 Å². The molecular formula is C31H34N4O5. The highest BCUT2D eigenvalue weighted by molar-refractivity contribution is 5.77. The summed E-state index contributed by atoms with van der Waals surface area (Å²) < 4.78 is 24.8. The molecule has 1 unspecified atom stereocenters. The Labute approximate surface area is 233 Å². The molecule has 2 aromatic heterocycles. The molecule has 0 bridgehead atoms. The number of imidazole rings is 1. The minimum atomic E-state index is -0.242. The van der Waals surface area contributed by atoms with Gasteiger partial charge in [0.25, 0.3) is 0 Å². The molecule has 9 heteroatoms. The molecule has 4 aromatic rings. The smallest absolute Gasteiger partial charge is 0.231 e. The summed E-state index contributed by atoms with van der Waals surface area (Å²) in [5, 5.41) is 3.13. The maximum atomic E-state index is 13.2. The molecule has 1 fully saturated rings. The van der Waals surface area contributed by atoms with E-state index in [1.165, 1.54) is 0 Å². The van der Waals surface area contributed by atoms with Crippen molar-refractivity contribution in [2.75, 3.05) is 46.2 Å². The molecule has 2 aromatic carbocycles. The summed E-state index contributed by atoms with van der Waals surface area (Å²) in [4.78, 5) is 20.3. The lowest BCUT2D eigenvalue weighted by molar-refractivity contribution is -0.121. The van der Waals surface area contributed by atoms with Crippen LogP contribution in [0.3, 0.4) is 0 Å². The van der Waals surface area contributed by atoms with Gasteiger partial charge in [0.15, 0.2) is 22.9 Å². The van der Waals surface area contributed by atoms with Gasteiger partial charge in [0.1, 0.15) is 6.61 Å². The minimum absolute atomic E-state index is 0.00363. The molecule has 0 radical (unpaired) electrons. The average molecular weight is 543 g/mol. The van der Waals surface area contributed by atoms with Gasteiger partial charge < -0.3 is 28.7 Å². The quantitative estimate of drug-likeness (QED) is 0.287. The molecule has 2 aliphatic heterocycles. The first-order valence-electron chi connectivity index (χ1n) is 13.8. The molecule has 6 rings (SSSR count). The maximum absolute atomic E-state index is 13.2. The van der Waals surface area contributed by atoms with E-state index in [4.69, 9.17) is 23.9 Å². The van der Waals surface area contributed by atoms with Gasteiger partial charge in [0.05, 0.1) is 18.9 Å². The Morgan fingerprint density at radius 2 is 1.88 bits per heavy atom. The zero-order valence-electron chi connectivity index (χ0n) is 22.5. The minimum Gasteiger partial charge on any atom is -0.485 e. The third-order valence-corrected chi connectivity index (χ3v) is 7.39. The molecule has 1 atom stereocenters. The van der Waals surface area contributed by atoms with Gasteiger partial charge in [-0.05, 0) is 48.4 Å². The van der Waals surface area contributed by atoms with E-state index in [0.29, 0.717) is 36.0 Å². The SMILES string of the molecule is O=C(CC(c1ccc2c(c1)OCO2)c1cnc2c(OCc3ccccc3)cccn12)NCCCN1CCOCC1. The van der Waals surface area contributed by atoms with Gasteiger partial charge in [0, 0.05) is 44.4 Å². The second-order valence-corrected chi connectivity index (χ2v) is 10.1. The van der Waals surface area contributed by atoms with Crippen LogP contribution < -0.4 is 19.5 Å². The van der Waals surface area contributed by atoms with Gasteiger partial charge in [-0.3, -0.25) is 9.69 Å². The van der Waals surface area contributed by atoms with Crippen LogP contribution in [0.1, 0.15) is 35.6 Å². The van der Waals surface area contributed by atoms with E-state index in [1.807, 2.05) is 77.5 Å². The Morgan fingerprint density at radius 1 is 1.02 bits per heavy atom. The second kappa shape index (κ2) is 12.4. The summed E-state index contributed by atoms with van der Waals surface area (Å²) >= 11 is 0. The van der Waals surface area contributed by atoms with Crippen LogP contribution in [-0.2, 0) is 16.1 Å². The van der Waals surface area contributed by atoms with Crippen LogP contribution in [0.2, 0.25) is 0 Å². The van der Waals surface area contributed by atoms with E-state index < -0.39 is 0 Å². The fourth-order valence-electron chi connectivity index (χ4n) is 5.25. The number of amides is 1. The number of aromatic nitrogens is 2. The molecule has 1 saturated heterocycles. The van der Waals surface area contributed by atoms with Crippen molar-refractivity contribution in [3.8, 4) is 17.2 Å². The Morgan fingerprint density at radius 3 is 2.75 bits per heavy atom. The molecule has 1 N–H and O–H groups in total. The van der Waals surface area contributed by atoms with Crippen LogP contribution in [0.5, 0.6) is 17.2 Å². The second-order valence-electron chi connectivity index (χ2n) is 10.1. The molecule has 0 aliphatic carbocycles. The van der Waals surface area contributed by atoms with Crippen molar-refractivity contribution in [1.29, 1.82) is 0 Å². The number of carbonyl (C=O) groups excluding carboxylic acids is 1. The fraction of sp³-hybridized carbons (Fsp3) is 0.355. The Bertz CT molecular complexity index is 1430. The summed E-state index contributed by atoms with van der Waals surface area (Å²) in [5.74, 6) is 1.85. The molecule has 4 heterocycles. The highest BCUT2D eigenvalue weighted by Gasteiger charge is 2.25. The lowest BCUT2D eigenvalue weighted by Gasteiger charge is -2.26. The first-order chi connectivity index (χ1) is 19.7. The number of nitrogens with zero attached hydrogens (tertiary/aromatic N) is 3. The van der Waals surface area contributed by atoms with Crippen molar-refractivity contribution in [2.24, 2.45) is 0 Å². The first-order valence-corrected chi connectivity index (χ1v) is 13.8. The Kier molecular flexibility index (Phi) is 8.11. The third kappa shape index (κ3) is 6.05. The third-order valence-electron chi connectivity index (χ3n) is 7.39. The number of nitrogens with one attached hydrogen (secondary N) is 1. The van der Waals surface area contributed by atoms with Crippen LogP contribution in [0.4, 0.5) is 0 Å². The van der Waals surface area contributed by atoms with Crippen molar-refractivity contribution < 1.29 is 23.7 Å².